The third kappa shape index (κ3) is 4.71. The lowest BCUT2D eigenvalue weighted by Gasteiger charge is -2.36. The van der Waals surface area contributed by atoms with Crippen molar-refractivity contribution in [3.63, 3.8) is 0 Å². The summed E-state index contributed by atoms with van der Waals surface area (Å²) < 4.78 is 6.06. The maximum Gasteiger partial charge on any atom is 0.194 e. The van der Waals surface area contributed by atoms with Crippen molar-refractivity contribution in [2.24, 2.45) is 4.99 Å². The van der Waals surface area contributed by atoms with E-state index >= 15 is 0 Å². The minimum absolute atomic E-state index is 0.490. The van der Waals surface area contributed by atoms with Gasteiger partial charge in [0, 0.05) is 61.8 Å². The first kappa shape index (κ1) is 18.5. The fourth-order valence-electron chi connectivity index (χ4n) is 3.65. The number of piperazine rings is 1. The van der Waals surface area contributed by atoms with Crippen LogP contribution in [0.3, 0.4) is 0 Å². The number of hydrogen-bond acceptors (Lipinski definition) is 4. The average molecular weight is 432 g/mol. The molecule has 2 fully saturated rings. The van der Waals surface area contributed by atoms with Gasteiger partial charge in [-0.25, -0.2) is 0 Å². The minimum Gasteiger partial charge on any atom is -0.364 e. The topological polar surface area (TPSA) is 56.9 Å². The summed E-state index contributed by atoms with van der Waals surface area (Å²) in [5.74, 6) is 1.65. The first-order chi connectivity index (χ1) is 13.2. The molecule has 7 heteroatoms. The van der Waals surface area contributed by atoms with Crippen LogP contribution in [0.1, 0.15) is 30.5 Å². The maximum atomic E-state index is 4.93. The number of nitrogens with zero attached hydrogens (tertiary/aromatic N) is 4. The Balaban J connectivity index is 1.30. The second-order valence-electron chi connectivity index (χ2n) is 7.20. The highest BCUT2D eigenvalue weighted by atomic mass is 79.9. The molecule has 0 spiro atoms. The van der Waals surface area contributed by atoms with Crippen LogP contribution in [-0.2, 0) is 6.54 Å². The van der Waals surface area contributed by atoms with E-state index in [4.69, 9.17) is 9.52 Å². The molecule has 144 valence electrons. The van der Waals surface area contributed by atoms with Crippen LogP contribution in [0.5, 0.6) is 0 Å². The highest BCUT2D eigenvalue weighted by Gasteiger charge is 2.39. The van der Waals surface area contributed by atoms with Gasteiger partial charge in [-0.1, -0.05) is 33.2 Å². The van der Waals surface area contributed by atoms with E-state index in [0.29, 0.717) is 12.0 Å². The van der Waals surface area contributed by atoms with Crippen LogP contribution >= 0.6 is 15.9 Å². The first-order valence-electron chi connectivity index (χ1n) is 9.66. The molecule has 2 unspecified atom stereocenters. The van der Waals surface area contributed by atoms with Gasteiger partial charge < -0.3 is 14.7 Å². The van der Waals surface area contributed by atoms with Gasteiger partial charge >= 0.3 is 0 Å². The summed E-state index contributed by atoms with van der Waals surface area (Å²) in [5, 5.41) is 7.72. The molecule has 1 N–H and O–H groups in total. The van der Waals surface area contributed by atoms with Crippen LogP contribution in [0.15, 0.2) is 50.6 Å². The predicted molar refractivity (Wildman–Crippen MR) is 110 cm³/mol. The van der Waals surface area contributed by atoms with Crippen molar-refractivity contribution < 1.29 is 4.52 Å². The third-order valence-corrected chi connectivity index (χ3v) is 5.79. The molecule has 2 atom stereocenters. The molecule has 0 bridgehead atoms. The lowest BCUT2D eigenvalue weighted by atomic mass is 10.1. The maximum absolute atomic E-state index is 4.93. The molecule has 1 aromatic heterocycles. The van der Waals surface area contributed by atoms with Crippen molar-refractivity contribution in [1.82, 2.24) is 20.3 Å². The Hall–Kier alpha value is -1.86. The molecule has 2 aromatic rings. The molecule has 27 heavy (non-hydrogen) atoms. The van der Waals surface area contributed by atoms with E-state index in [0.717, 1.165) is 55.4 Å². The lowest BCUT2D eigenvalue weighted by Crippen LogP contribution is -2.52. The van der Waals surface area contributed by atoms with Crippen LogP contribution in [0.2, 0.25) is 0 Å². The lowest BCUT2D eigenvalue weighted by molar-refractivity contribution is 0.169. The van der Waals surface area contributed by atoms with E-state index in [1.165, 1.54) is 12.0 Å². The van der Waals surface area contributed by atoms with Crippen LogP contribution in [0.4, 0.5) is 0 Å². The highest BCUT2D eigenvalue weighted by molar-refractivity contribution is 9.10. The smallest absolute Gasteiger partial charge is 0.194 e. The van der Waals surface area contributed by atoms with Crippen LogP contribution < -0.4 is 5.32 Å². The Morgan fingerprint density at radius 2 is 2.00 bits per heavy atom. The Morgan fingerprint density at radius 1 is 1.22 bits per heavy atom. The summed E-state index contributed by atoms with van der Waals surface area (Å²) in [6.45, 7) is 7.75. The number of nitrogens with one attached hydrogen (secondary N) is 1. The quantitative estimate of drug-likeness (QED) is 0.582. The number of guanidine groups is 1. The molecular formula is C20H26BrN5O. The SMILES string of the molecule is CCN=C(NC1CC1c1ccc(Br)cc1)N1CCN(Cc2ccon2)CC1. The van der Waals surface area contributed by atoms with E-state index < -0.39 is 0 Å². The van der Waals surface area contributed by atoms with Gasteiger partial charge in [-0.3, -0.25) is 9.89 Å². The van der Waals surface area contributed by atoms with E-state index in [-0.39, 0.29) is 0 Å². The zero-order valence-electron chi connectivity index (χ0n) is 15.6. The molecule has 1 saturated heterocycles. The average Bonchev–Trinajstić information content (AvgIpc) is 3.25. The normalized spacial score (nSPS) is 23.5. The molecule has 2 heterocycles. The van der Waals surface area contributed by atoms with Crippen molar-refractivity contribution in [1.29, 1.82) is 0 Å². The second-order valence-corrected chi connectivity index (χ2v) is 8.11. The molecule has 1 aliphatic heterocycles. The largest absolute Gasteiger partial charge is 0.364 e. The fraction of sp³-hybridized carbons (Fsp3) is 0.500. The monoisotopic (exact) mass is 431 g/mol. The van der Waals surface area contributed by atoms with Gasteiger partial charge in [0.15, 0.2) is 5.96 Å². The Morgan fingerprint density at radius 3 is 2.67 bits per heavy atom. The molecule has 0 radical (unpaired) electrons. The highest BCUT2D eigenvalue weighted by Crippen LogP contribution is 2.41. The summed E-state index contributed by atoms with van der Waals surface area (Å²) >= 11 is 3.51. The van der Waals surface area contributed by atoms with E-state index in [1.807, 2.05) is 6.07 Å². The fourth-order valence-corrected chi connectivity index (χ4v) is 3.92. The van der Waals surface area contributed by atoms with Crippen LogP contribution in [0, 0.1) is 0 Å². The van der Waals surface area contributed by atoms with Gasteiger partial charge in [-0.15, -0.1) is 0 Å². The molecule has 1 aromatic carbocycles. The molecule has 1 aliphatic carbocycles. The van der Waals surface area contributed by atoms with E-state index in [9.17, 15) is 0 Å². The summed E-state index contributed by atoms with van der Waals surface area (Å²) in [6, 6.07) is 11.1. The summed E-state index contributed by atoms with van der Waals surface area (Å²) in [5.41, 5.74) is 2.41. The van der Waals surface area contributed by atoms with Gasteiger partial charge in [0.1, 0.15) is 6.26 Å². The summed E-state index contributed by atoms with van der Waals surface area (Å²) in [7, 11) is 0. The molecule has 4 rings (SSSR count). The molecule has 6 nitrogen and oxygen atoms in total. The number of halogens is 1. The molecule has 1 saturated carbocycles. The van der Waals surface area contributed by atoms with Crippen molar-refractivity contribution in [2.75, 3.05) is 32.7 Å². The number of rotatable bonds is 5. The van der Waals surface area contributed by atoms with Crippen LogP contribution in [0.25, 0.3) is 0 Å². The third-order valence-electron chi connectivity index (χ3n) is 5.26. The van der Waals surface area contributed by atoms with Gasteiger partial charge in [0.2, 0.25) is 0 Å². The van der Waals surface area contributed by atoms with E-state index in [2.05, 4.69) is 67.4 Å². The van der Waals surface area contributed by atoms with Crippen molar-refractivity contribution in [3.8, 4) is 0 Å². The van der Waals surface area contributed by atoms with E-state index in [1.54, 1.807) is 6.26 Å². The first-order valence-corrected chi connectivity index (χ1v) is 10.4. The van der Waals surface area contributed by atoms with Gasteiger partial charge in [0.25, 0.3) is 0 Å². The van der Waals surface area contributed by atoms with Crippen molar-refractivity contribution in [2.45, 2.75) is 31.8 Å². The number of aliphatic imine (C=N–C) groups is 1. The van der Waals surface area contributed by atoms with Crippen molar-refractivity contribution in [3.05, 3.63) is 52.3 Å². The Bertz CT molecular complexity index is 753. The van der Waals surface area contributed by atoms with Gasteiger partial charge in [0.05, 0.1) is 5.69 Å². The molecular weight excluding hydrogens is 406 g/mol. The number of hydrogen-bond donors (Lipinski definition) is 1. The Labute approximate surface area is 168 Å². The Kier molecular flexibility index (Phi) is 5.78. The zero-order valence-corrected chi connectivity index (χ0v) is 17.2. The number of aromatic nitrogens is 1. The van der Waals surface area contributed by atoms with Gasteiger partial charge in [-0.2, -0.15) is 0 Å². The predicted octanol–water partition coefficient (Wildman–Crippen LogP) is 3.08. The summed E-state index contributed by atoms with van der Waals surface area (Å²) in [6.07, 6.45) is 2.81. The minimum atomic E-state index is 0.490. The van der Waals surface area contributed by atoms with Gasteiger partial charge in [-0.05, 0) is 31.0 Å². The standard InChI is InChI=1S/C20H26BrN5O/c1-2-22-20(23-19-13-18(19)15-3-5-16(21)6-4-15)26-10-8-25(9-11-26)14-17-7-12-27-24-17/h3-7,12,18-19H,2,8-11,13-14H2,1H3,(H,22,23). The molecule has 0 amide bonds. The summed E-state index contributed by atoms with van der Waals surface area (Å²) in [4.78, 5) is 9.55. The second kappa shape index (κ2) is 8.44. The number of benzene rings is 1. The molecule has 2 aliphatic rings. The van der Waals surface area contributed by atoms with Crippen LogP contribution in [-0.4, -0.2) is 59.7 Å². The van der Waals surface area contributed by atoms with Crippen molar-refractivity contribution >= 4 is 21.9 Å². The zero-order chi connectivity index (χ0) is 18.6.